The first-order valence-electron chi connectivity index (χ1n) is 10.8. The Morgan fingerprint density at radius 2 is 1.72 bits per heavy atom. The van der Waals surface area contributed by atoms with E-state index in [1.807, 2.05) is 23.1 Å². The lowest BCUT2D eigenvalue weighted by Gasteiger charge is -2.41. The van der Waals surface area contributed by atoms with E-state index < -0.39 is 5.41 Å². The molecule has 0 radical (unpaired) electrons. The molecule has 0 saturated carbocycles. The summed E-state index contributed by atoms with van der Waals surface area (Å²) in [5, 5.41) is 0. The minimum atomic E-state index is -1.18. The van der Waals surface area contributed by atoms with Gasteiger partial charge in [-0.15, -0.1) is 0 Å². The highest BCUT2D eigenvalue weighted by atomic mass is 16.5. The fraction of sp³-hybridized carbons (Fsp3) is 0.400. The summed E-state index contributed by atoms with van der Waals surface area (Å²) in [4.78, 5) is 44.5. The molecule has 0 bridgehead atoms. The van der Waals surface area contributed by atoms with E-state index >= 15 is 0 Å². The molecular formula is C25H29N3O4. The molecule has 2 atom stereocenters. The number of nitrogens with zero attached hydrogens (tertiary/aromatic N) is 3. The number of likely N-dealkylation sites (N-methyl/N-ethyl adjacent to an activating group) is 2. The molecule has 2 unspecified atom stereocenters. The van der Waals surface area contributed by atoms with Gasteiger partial charge in [-0.1, -0.05) is 42.5 Å². The molecule has 2 aliphatic rings. The van der Waals surface area contributed by atoms with Gasteiger partial charge in [0.15, 0.2) is 0 Å². The highest BCUT2D eigenvalue weighted by Gasteiger charge is 2.53. The number of likely N-dealkylation sites (tertiary alicyclic amines) is 1. The Labute approximate surface area is 188 Å². The number of hydrogen-bond donors (Lipinski definition) is 0. The van der Waals surface area contributed by atoms with Crippen LogP contribution >= 0.6 is 0 Å². The summed E-state index contributed by atoms with van der Waals surface area (Å²) in [5.41, 5.74) is 0.646. The van der Waals surface area contributed by atoms with E-state index in [9.17, 15) is 14.4 Å². The molecule has 7 heteroatoms. The standard InChI is InChI=1S/C25H29N3O4/c1-26-13-14-28(17-21(26)18-7-5-4-6-8-18)23(30)16-25(15-22(29)27(2)24(25)31)19-9-11-20(32-3)12-10-19/h4-12,21H,13-17H2,1-3H3. The van der Waals surface area contributed by atoms with Crippen molar-refractivity contribution in [3.8, 4) is 5.75 Å². The first-order valence-corrected chi connectivity index (χ1v) is 10.8. The summed E-state index contributed by atoms with van der Waals surface area (Å²) < 4.78 is 5.23. The van der Waals surface area contributed by atoms with Crippen LogP contribution in [0.4, 0.5) is 0 Å². The summed E-state index contributed by atoms with van der Waals surface area (Å²) in [5.74, 6) is -0.0367. The molecule has 7 nitrogen and oxygen atoms in total. The molecule has 2 aliphatic heterocycles. The lowest BCUT2D eigenvalue weighted by atomic mass is 9.75. The van der Waals surface area contributed by atoms with Crippen LogP contribution in [0.25, 0.3) is 0 Å². The van der Waals surface area contributed by atoms with Crippen LogP contribution < -0.4 is 4.74 Å². The van der Waals surface area contributed by atoms with Gasteiger partial charge in [0, 0.05) is 39.5 Å². The molecule has 2 heterocycles. The fourth-order valence-electron chi connectivity index (χ4n) is 4.77. The molecule has 0 aromatic heterocycles. The Hall–Kier alpha value is -3.19. The monoisotopic (exact) mass is 435 g/mol. The average molecular weight is 436 g/mol. The second-order valence-corrected chi connectivity index (χ2v) is 8.67. The molecule has 4 rings (SSSR count). The molecule has 0 N–H and O–H groups in total. The number of piperazine rings is 1. The smallest absolute Gasteiger partial charge is 0.240 e. The quantitative estimate of drug-likeness (QED) is 0.674. The first-order chi connectivity index (χ1) is 15.4. The van der Waals surface area contributed by atoms with E-state index in [4.69, 9.17) is 4.74 Å². The van der Waals surface area contributed by atoms with E-state index in [-0.39, 0.29) is 36.6 Å². The normalized spacial score (nSPS) is 24.2. The Balaban J connectivity index is 1.60. The third kappa shape index (κ3) is 3.88. The van der Waals surface area contributed by atoms with E-state index in [1.54, 1.807) is 31.4 Å². The van der Waals surface area contributed by atoms with Crippen molar-refractivity contribution in [1.82, 2.24) is 14.7 Å². The van der Waals surface area contributed by atoms with Crippen molar-refractivity contribution in [1.29, 1.82) is 0 Å². The molecule has 0 spiro atoms. The average Bonchev–Trinajstić information content (AvgIpc) is 3.04. The van der Waals surface area contributed by atoms with Gasteiger partial charge in [-0.25, -0.2) is 0 Å². The molecule has 2 fully saturated rings. The highest BCUT2D eigenvalue weighted by molar-refractivity contribution is 6.10. The van der Waals surface area contributed by atoms with Crippen molar-refractivity contribution in [2.75, 3.05) is 40.8 Å². The van der Waals surface area contributed by atoms with Crippen LogP contribution in [-0.2, 0) is 19.8 Å². The number of benzene rings is 2. The van der Waals surface area contributed by atoms with Gasteiger partial charge in [0.1, 0.15) is 5.75 Å². The summed E-state index contributed by atoms with van der Waals surface area (Å²) in [7, 11) is 5.12. The first kappa shape index (κ1) is 22.0. The topological polar surface area (TPSA) is 70.2 Å². The van der Waals surface area contributed by atoms with Crippen LogP contribution in [0, 0.1) is 0 Å². The van der Waals surface area contributed by atoms with Gasteiger partial charge >= 0.3 is 0 Å². The fourth-order valence-corrected chi connectivity index (χ4v) is 4.77. The van der Waals surface area contributed by atoms with Gasteiger partial charge in [-0.2, -0.15) is 0 Å². The zero-order chi connectivity index (χ0) is 22.9. The van der Waals surface area contributed by atoms with Crippen molar-refractivity contribution in [2.45, 2.75) is 24.3 Å². The highest BCUT2D eigenvalue weighted by Crippen LogP contribution is 2.40. The number of rotatable bonds is 5. The number of hydrogen-bond acceptors (Lipinski definition) is 5. The predicted octanol–water partition coefficient (Wildman–Crippen LogP) is 2.23. The van der Waals surface area contributed by atoms with E-state index in [2.05, 4.69) is 24.1 Å². The zero-order valence-corrected chi connectivity index (χ0v) is 18.8. The minimum absolute atomic E-state index is 0.00371. The maximum absolute atomic E-state index is 13.5. The molecule has 2 aromatic rings. The van der Waals surface area contributed by atoms with E-state index in [1.165, 1.54) is 7.05 Å². The van der Waals surface area contributed by atoms with Gasteiger partial charge in [0.05, 0.1) is 18.6 Å². The molecule has 32 heavy (non-hydrogen) atoms. The number of ether oxygens (including phenoxy) is 1. The van der Waals surface area contributed by atoms with Crippen LogP contribution in [0.1, 0.15) is 30.0 Å². The van der Waals surface area contributed by atoms with Crippen molar-refractivity contribution in [2.24, 2.45) is 0 Å². The van der Waals surface area contributed by atoms with Gasteiger partial charge < -0.3 is 9.64 Å². The minimum Gasteiger partial charge on any atom is -0.497 e. The molecule has 2 aromatic carbocycles. The number of carbonyl (C=O) groups is 3. The van der Waals surface area contributed by atoms with E-state index in [0.717, 1.165) is 17.0 Å². The summed E-state index contributed by atoms with van der Waals surface area (Å²) in [6, 6.07) is 17.3. The lowest BCUT2D eigenvalue weighted by molar-refractivity contribution is -0.142. The summed E-state index contributed by atoms with van der Waals surface area (Å²) >= 11 is 0. The number of imide groups is 1. The number of amides is 3. The van der Waals surface area contributed by atoms with Gasteiger partial charge in [0.25, 0.3) is 0 Å². The summed E-state index contributed by atoms with van der Waals surface area (Å²) in [6.07, 6.45) is -0.0320. The Morgan fingerprint density at radius 1 is 1.03 bits per heavy atom. The Morgan fingerprint density at radius 3 is 2.31 bits per heavy atom. The van der Waals surface area contributed by atoms with Crippen LogP contribution in [0.15, 0.2) is 54.6 Å². The molecule has 168 valence electrons. The molecular weight excluding hydrogens is 406 g/mol. The summed E-state index contributed by atoms with van der Waals surface area (Å²) in [6.45, 7) is 1.89. The van der Waals surface area contributed by atoms with E-state index in [0.29, 0.717) is 24.4 Å². The third-order valence-corrected chi connectivity index (χ3v) is 6.82. The maximum atomic E-state index is 13.5. The predicted molar refractivity (Wildman–Crippen MR) is 120 cm³/mol. The van der Waals surface area contributed by atoms with Crippen LogP contribution in [0.2, 0.25) is 0 Å². The molecule has 2 saturated heterocycles. The Bertz CT molecular complexity index is 1010. The number of methoxy groups -OCH3 is 1. The Kier molecular flexibility index (Phi) is 6.02. The number of carbonyl (C=O) groups excluding carboxylic acids is 3. The maximum Gasteiger partial charge on any atom is 0.240 e. The van der Waals surface area contributed by atoms with Crippen molar-refractivity contribution < 1.29 is 19.1 Å². The van der Waals surface area contributed by atoms with Crippen LogP contribution in [0.3, 0.4) is 0 Å². The zero-order valence-electron chi connectivity index (χ0n) is 18.8. The third-order valence-electron chi connectivity index (χ3n) is 6.82. The second kappa shape index (κ2) is 8.74. The second-order valence-electron chi connectivity index (χ2n) is 8.67. The molecule has 0 aliphatic carbocycles. The van der Waals surface area contributed by atoms with Gasteiger partial charge in [-0.3, -0.25) is 24.2 Å². The lowest BCUT2D eigenvalue weighted by Crippen LogP contribution is -2.51. The SMILES string of the molecule is COc1ccc(C2(CC(=O)N3CCN(C)C(c4ccccc4)C3)CC(=O)N(C)C2=O)cc1. The van der Waals surface area contributed by atoms with Crippen molar-refractivity contribution >= 4 is 17.7 Å². The van der Waals surface area contributed by atoms with Crippen LogP contribution in [-0.4, -0.2) is 73.3 Å². The van der Waals surface area contributed by atoms with Crippen molar-refractivity contribution in [3.63, 3.8) is 0 Å². The van der Waals surface area contributed by atoms with Crippen LogP contribution in [0.5, 0.6) is 5.75 Å². The largest absolute Gasteiger partial charge is 0.497 e. The molecule has 3 amide bonds. The van der Waals surface area contributed by atoms with Crippen molar-refractivity contribution in [3.05, 3.63) is 65.7 Å². The van der Waals surface area contributed by atoms with Gasteiger partial charge in [0.2, 0.25) is 17.7 Å². The van der Waals surface area contributed by atoms with Gasteiger partial charge in [-0.05, 0) is 30.3 Å².